The smallest absolute Gasteiger partial charge is 0.319 e. The fourth-order valence-electron chi connectivity index (χ4n) is 2.68. The van der Waals surface area contributed by atoms with Crippen molar-refractivity contribution >= 4 is 11.7 Å². The van der Waals surface area contributed by atoms with Gasteiger partial charge in [0, 0.05) is 18.1 Å². The number of anilines is 1. The number of nitrogens with zero attached hydrogens (tertiary/aromatic N) is 1. The third-order valence-electron chi connectivity index (χ3n) is 4.31. The predicted octanol–water partition coefficient (Wildman–Crippen LogP) is 2.90. The molecule has 5 nitrogen and oxygen atoms in total. The molecular formula is C17H20FN3O2. The SMILES string of the molecule is C[C@](CO)(NC(=O)Nc1cc(-n2cccc2)ccc1F)C1CC1. The van der Waals surface area contributed by atoms with Crippen LogP contribution in [-0.2, 0) is 0 Å². The van der Waals surface area contributed by atoms with E-state index in [0.717, 1.165) is 18.5 Å². The highest BCUT2D eigenvalue weighted by molar-refractivity contribution is 5.90. The monoisotopic (exact) mass is 317 g/mol. The Hall–Kier alpha value is -2.34. The minimum absolute atomic E-state index is 0.102. The van der Waals surface area contributed by atoms with E-state index in [4.69, 9.17) is 0 Å². The molecule has 1 saturated carbocycles. The lowest BCUT2D eigenvalue weighted by atomic mass is 9.97. The molecule has 1 aromatic heterocycles. The summed E-state index contributed by atoms with van der Waals surface area (Å²) in [6.45, 7) is 1.66. The van der Waals surface area contributed by atoms with Gasteiger partial charge in [-0.25, -0.2) is 9.18 Å². The second kappa shape index (κ2) is 6.04. The van der Waals surface area contributed by atoms with Gasteiger partial charge in [0.15, 0.2) is 0 Å². The normalized spacial score (nSPS) is 16.7. The molecule has 23 heavy (non-hydrogen) atoms. The predicted molar refractivity (Wildman–Crippen MR) is 86.1 cm³/mol. The summed E-state index contributed by atoms with van der Waals surface area (Å²) in [6.07, 6.45) is 5.64. The first kappa shape index (κ1) is 15.6. The van der Waals surface area contributed by atoms with Crippen LogP contribution in [-0.4, -0.2) is 27.9 Å². The molecular weight excluding hydrogens is 297 g/mol. The molecule has 1 atom stereocenters. The quantitative estimate of drug-likeness (QED) is 0.794. The van der Waals surface area contributed by atoms with E-state index in [0.29, 0.717) is 0 Å². The van der Waals surface area contributed by atoms with E-state index in [1.54, 1.807) is 19.1 Å². The topological polar surface area (TPSA) is 66.3 Å². The van der Waals surface area contributed by atoms with Crippen molar-refractivity contribution in [3.8, 4) is 5.69 Å². The average Bonchev–Trinajstić information content (AvgIpc) is 3.26. The minimum Gasteiger partial charge on any atom is -0.394 e. The molecule has 0 aliphatic heterocycles. The fraction of sp³-hybridized carbons (Fsp3) is 0.353. The Morgan fingerprint density at radius 3 is 2.70 bits per heavy atom. The van der Waals surface area contributed by atoms with Crippen LogP contribution in [0.25, 0.3) is 5.69 Å². The summed E-state index contributed by atoms with van der Waals surface area (Å²) in [4.78, 5) is 12.2. The van der Waals surface area contributed by atoms with Crippen molar-refractivity contribution in [2.45, 2.75) is 25.3 Å². The van der Waals surface area contributed by atoms with E-state index >= 15 is 0 Å². The maximum atomic E-state index is 14.0. The molecule has 0 saturated heterocycles. The van der Waals surface area contributed by atoms with E-state index < -0.39 is 17.4 Å². The number of amides is 2. The van der Waals surface area contributed by atoms with Crippen molar-refractivity contribution in [3.05, 3.63) is 48.5 Å². The van der Waals surface area contributed by atoms with Crippen LogP contribution >= 0.6 is 0 Å². The highest BCUT2D eigenvalue weighted by Gasteiger charge is 2.42. The summed E-state index contributed by atoms with van der Waals surface area (Å²) >= 11 is 0. The van der Waals surface area contributed by atoms with Gasteiger partial charge in [-0.3, -0.25) is 0 Å². The maximum absolute atomic E-state index is 14.0. The molecule has 1 aromatic carbocycles. The summed E-state index contributed by atoms with van der Waals surface area (Å²) in [5.74, 6) is -0.234. The second-order valence-electron chi connectivity index (χ2n) is 6.18. The lowest BCUT2D eigenvalue weighted by molar-refractivity contribution is 0.159. The van der Waals surface area contributed by atoms with Crippen molar-refractivity contribution in [2.24, 2.45) is 5.92 Å². The molecule has 1 heterocycles. The summed E-state index contributed by atoms with van der Waals surface area (Å²) in [6, 6.07) is 7.74. The van der Waals surface area contributed by atoms with Crippen molar-refractivity contribution in [1.82, 2.24) is 9.88 Å². The first-order valence-electron chi connectivity index (χ1n) is 7.65. The summed E-state index contributed by atoms with van der Waals surface area (Å²) in [5.41, 5.74) is 0.182. The number of aromatic nitrogens is 1. The van der Waals surface area contributed by atoms with Crippen LogP contribution in [0.5, 0.6) is 0 Å². The molecule has 3 N–H and O–H groups in total. The standard InChI is InChI=1S/C17H20FN3O2/c1-17(11-22,12-4-5-12)20-16(23)19-15-10-13(6-7-14(15)18)21-8-2-3-9-21/h2-3,6-10,12,22H,4-5,11H2,1H3,(H2,19,20,23)/t17-/m1/s1. The number of carbonyl (C=O) groups is 1. The second-order valence-corrected chi connectivity index (χ2v) is 6.18. The Balaban J connectivity index is 1.74. The molecule has 0 radical (unpaired) electrons. The summed E-state index contributed by atoms with van der Waals surface area (Å²) < 4.78 is 15.8. The first-order valence-corrected chi connectivity index (χ1v) is 7.65. The van der Waals surface area contributed by atoms with Gasteiger partial charge in [0.1, 0.15) is 5.82 Å². The van der Waals surface area contributed by atoms with Crippen LogP contribution in [0.15, 0.2) is 42.7 Å². The molecule has 6 heteroatoms. The van der Waals surface area contributed by atoms with Crippen LogP contribution in [0.4, 0.5) is 14.9 Å². The van der Waals surface area contributed by atoms with Gasteiger partial charge < -0.3 is 20.3 Å². The Labute approximate surface area is 134 Å². The number of urea groups is 1. The molecule has 3 rings (SSSR count). The van der Waals surface area contributed by atoms with Gasteiger partial charge in [-0.2, -0.15) is 0 Å². The number of carbonyl (C=O) groups excluding carboxylic acids is 1. The molecule has 0 spiro atoms. The number of aliphatic hydroxyl groups is 1. The number of rotatable bonds is 5. The van der Waals surface area contributed by atoms with E-state index in [1.807, 2.05) is 29.1 Å². The molecule has 1 aliphatic rings. The van der Waals surface area contributed by atoms with Crippen LogP contribution < -0.4 is 10.6 Å². The van der Waals surface area contributed by atoms with Crippen LogP contribution in [0.2, 0.25) is 0 Å². The number of benzene rings is 1. The van der Waals surface area contributed by atoms with Crippen LogP contribution in [0.3, 0.4) is 0 Å². The molecule has 2 amide bonds. The van der Waals surface area contributed by atoms with E-state index in [2.05, 4.69) is 10.6 Å². The average molecular weight is 317 g/mol. The number of hydrogen-bond donors (Lipinski definition) is 3. The molecule has 1 aliphatic carbocycles. The van der Waals surface area contributed by atoms with Crippen molar-refractivity contribution in [3.63, 3.8) is 0 Å². The van der Waals surface area contributed by atoms with Gasteiger partial charge in [-0.05, 0) is 56.0 Å². The lowest BCUT2D eigenvalue weighted by Gasteiger charge is -2.28. The molecule has 2 aromatic rings. The van der Waals surface area contributed by atoms with Gasteiger partial charge >= 0.3 is 6.03 Å². The number of nitrogens with one attached hydrogen (secondary N) is 2. The Bertz CT molecular complexity index is 698. The van der Waals surface area contributed by atoms with Crippen molar-refractivity contribution in [2.75, 3.05) is 11.9 Å². The largest absolute Gasteiger partial charge is 0.394 e. The number of aliphatic hydroxyl groups excluding tert-OH is 1. The van der Waals surface area contributed by atoms with E-state index in [-0.39, 0.29) is 18.2 Å². The van der Waals surface area contributed by atoms with Crippen LogP contribution in [0.1, 0.15) is 19.8 Å². The zero-order valence-corrected chi connectivity index (χ0v) is 12.9. The highest BCUT2D eigenvalue weighted by atomic mass is 19.1. The lowest BCUT2D eigenvalue weighted by Crippen LogP contribution is -2.52. The minimum atomic E-state index is -0.668. The summed E-state index contributed by atoms with van der Waals surface area (Å²) in [5, 5.41) is 14.8. The third-order valence-corrected chi connectivity index (χ3v) is 4.31. The van der Waals surface area contributed by atoms with E-state index in [9.17, 15) is 14.3 Å². The number of hydrogen-bond acceptors (Lipinski definition) is 2. The van der Waals surface area contributed by atoms with Crippen molar-refractivity contribution < 1.29 is 14.3 Å². The highest BCUT2D eigenvalue weighted by Crippen LogP contribution is 2.39. The van der Waals surface area contributed by atoms with Crippen LogP contribution in [0, 0.1) is 11.7 Å². The Morgan fingerprint density at radius 1 is 1.39 bits per heavy atom. The molecule has 1 fully saturated rings. The molecule has 0 unspecified atom stereocenters. The Kier molecular flexibility index (Phi) is 4.09. The molecule has 122 valence electrons. The maximum Gasteiger partial charge on any atom is 0.319 e. The van der Waals surface area contributed by atoms with Gasteiger partial charge in [-0.15, -0.1) is 0 Å². The van der Waals surface area contributed by atoms with Crippen molar-refractivity contribution in [1.29, 1.82) is 0 Å². The zero-order valence-electron chi connectivity index (χ0n) is 12.9. The zero-order chi connectivity index (χ0) is 16.4. The summed E-state index contributed by atoms with van der Waals surface area (Å²) in [7, 11) is 0. The molecule has 0 bridgehead atoms. The fourth-order valence-corrected chi connectivity index (χ4v) is 2.68. The third kappa shape index (κ3) is 3.37. The first-order chi connectivity index (χ1) is 11.0. The number of halogens is 1. The van der Waals surface area contributed by atoms with Gasteiger partial charge in [0.2, 0.25) is 0 Å². The van der Waals surface area contributed by atoms with Gasteiger partial charge in [-0.1, -0.05) is 0 Å². The van der Waals surface area contributed by atoms with Gasteiger partial charge in [0.05, 0.1) is 17.8 Å². The van der Waals surface area contributed by atoms with E-state index in [1.165, 1.54) is 6.07 Å². The van der Waals surface area contributed by atoms with Gasteiger partial charge in [0.25, 0.3) is 0 Å². The Morgan fingerprint density at radius 2 is 2.09 bits per heavy atom.